The van der Waals surface area contributed by atoms with E-state index in [0.717, 1.165) is 63.0 Å². The Bertz CT molecular complexity index is 949. The smallest absolute Gasteiger partial charge is 0.236 e. The van der Waals surface area contributed by atoms with Crippen LogP contribution in [0.2, 0.25) is 0 Å². The second-order valence-corrected chi connectivity index (χ2v) is 8.52. The topological polar surface area (TPSA) is 81.3 Å². The van der Waals surface area contributed by atoms with E-state index >= 15 is 0 Å². The number of nitrogens with zero attached hydrogens (tertiary/aromatic N) is 7. The first-order chi connectivity index (χ1) is 14.7. The van der Waals surface area contributed by atoms with E-state index in [9.17, 15) is 4.79 Å². The van der Waals surface area contributed by atoms with Crippen LogP contribution in [-0.2, 0) is 17.8 Å². The van der Waals surface area contributed by atoms with E-state index in [1.165, 1.54) is 19.3 Å². The van der Waals surface area contributed by atoms with Crippen molar-refractivity contribution in [3.05, 3.63) is 41.3 Å². The van der Waals surface area contributed by atoms with E-state index < -0.39 is 0 Å². The van der Waals surface area contributed by atoms with Gasteiger partial charge in [-0.15, -0.1) is 0 Å². The first kappa shape index (κ1) is 19.2. The highest BCUT2D eigenvalue weighted by atomic mass is 16.2. The zero-order valence-electron chi connectivity index (χ0n) is 17.2. The van der Waals surface area contributed by atoms with Crippen molar-refractivity contribution in [2.24, 2.45) is 0 Å². The molecule has 1 saturated carbocycles. The minimum Gasteiger partial charge on any atom is -0.339 e. The maximum absolute atomic E-state index is 12.8. The zero-order valence-corrected chi connectivity index (χ0v) is 17.2. The molecule has 0 N–H and O–H groups in total. The third-order valence-electron chi connectivity index (χ3n) is 6.66. The number of rotatable bonds is 4. The predicted molar refractivity (Wildman–Crippen MR) is 111 cm³/mol. The van der Waals surface area contributed by atoms with Crippen molar-refractivity contribution in [2.45, 2.75) is 38.3 Å². The average Bonchev–Trinajstić information content (AvgIpc) is 3.16. The van der Waals surface area contributed by atoms with E-state index in [1.807, 2.05) is 17.2 Å². The Labute approximate surface area is 176 Å². The molecule has 2 aromatic rings. The third kappa shape index (κ3) is 3.83. The van der Waals surface area contributed by atoms with Gasteiger partial charge in [0.2, 0.25) is 5.91 Å². The van der Waals surface area contributed by atoms with Gasteiger partial charge in [-0.3, -0.25) is 14.6 Å². The molecule has 2 aliphatic heterocycles. The summed E-state index contributed by atoms with van der Waals surface area (Å²) in [5, 5.41) is 13.6. The van der Waals surface area contributed by atoms with Gasteiger partial charge in [0.1, 0.15) is 6.07 Å². The summed E-state index contributed by atoms with van der Waals surface area (Å²) in [6, 6.07) is 6.41. The number of carbonyl (C=O) groups is 1. The quantitative estimate of drug-likeness (QED) is 0.760. The molecule has 0 radical (unpaired) electrons. The van der Waals surface area contributed by atoms with Gasteiger partial charge in [-0.25, -0.2) is 9.67 Å². The number of hydrogen-bond acceptors (Lipinski definition) is 6. The van der Waals surface area contributed by atoms with Crippen molar-refractivity contribution in [1.82, 2.24) is 29.5 Å². The van der Waals surface area contributed by atoms with Gasteiger partial charge in [0.25, 0.3) is 0 Å². The fourth-order valence-electron chi connectivity index (χ4n) is 4.59. The summed E-state index contributed by atoms with van der Waals surface area (Å²) in [6.07, 6.45) is 8.41. The van der Waals surface area contributed by atoms with Crippen LogP contribution >= 0.6 is 0 Å². The number of carbonyl (C=O) groups excluding carboxylic acids is 1. The molecule has 0 spiro atoms. The van der Waals surface area contributed by atoms with Crippen LogP contribution in [0, 0.1) is 11.3 Å². The lowest BCUT2D eigenvalue weighted by Crippen LogP contribution is -2.55. The summed E-state index contributed by atoms with van der Waals surface area (Å²) in [5.74, 6) is 0.947. The average molecular weight is 406 g/mol. The lowest BCUT2D eigenvalue weighted by molar-refractivity contribution is -0.135. The molecule has 4 heterocycles. The summed E-state index contributed by atoms with van der Waals surface area (Å²) in [6.45, 7) is 5.81. The molecule has 0 unspecified atom stereocenters. The van der Waals surface area contributed by atoms with Crippen molar-refractivity contribution < 1.29 is 4.79 Å². The second-order valence-electron chi connectivity index (χ2n) is 8.52. The maximum atomic E-state index is 12.8. The minimum absolute atomic E-state index is 0.243. The predicted octanol–water partition coefficient (Wildman–Crippen LogP) is 1.19. The van der Waals surface area contributed by atoms with E-state index in [-0.39, 0.29) is 5.91 Å². The Morgan fingerprint density at radius 1 is 1.17 bits per heavy atom. The summed E-state index contributed by atoms with van der Waals surface area (Å²) >= 11 is 0. The Morgan fingerprint density at radius 2 is 2.00 bits per heavy atom. The summed E-state index contributed by atoms with van der Waals surface area (Å²) < 4.78 is 1.77. The number of piperazine rings is 1. The summed E-state index contributed by atoms with van der Waals surface area (Å²) in [4.78, 5) is 24.0. The highest BCUT2D eigenvalue weighted by molar-refractivity contribution is 5.78. The Kier molecular flexibility index (Phi) is 5.23. The molecule has 5 rings (SSSR count). The van der Waals surface area contributed by atoms with Crippen LogP contribution in [0.1, 0.15) is 36.1 Å². The van der Waals surface area contributed by atoms with Gasteiger partial charge in [-0.1, -0.05) is 6.42 Å². The molecule has 156 valence electrons. The van der Waals surface area contributed by atoms with Crippen LogP contribution in [0.15, 0.2) is 24.5 Å². The Balaban J connectivity index is 1.17. The number of hydrogen-bond donors (Lipinski definition) is 0. The molecule has 0 bridgehead atoms. The fraction of sp³-hybridized carbons (Fsp3) is 0.545. The van der Waals surface area contributed by atoms with Crippen LogP contribution in [-0.4, -0.2) is 80.7 Å². The number of fused-ring (bicyclic) bond motifs is 1. The number of pyridine rings is 1. The molecule has 0 atom stereocenters. The van der Waals surface area contributed by atoms with Gasteiger partial charge in [0.05, 0.1) is 17.8 Å². The monoisotopic (exact) mass is 405 g/mol. The zero-order chi connectivity index (χ0) is 20.5. The first-order valence-electron chi connectivity index (χ1n) is 10.9. The molecule has 2 fully saturated rings. The van der Waals surface area contributed by atoms with Crippen LogP contribution < -0.4 is 0 Å². The van der Waals surface area contributed by atoms with Crippen molar-refractivity contribution in [3.8, 4) is 11.9 Å². The molecule has 2 aromatic heterocycles. The lowest BCUT2D eigenvalue weighted by atomic mass is 9.91. The molecule has 8 heteroatoms. The highest BCUT2D eigenvalue weighted by Crippen LogP contribution is 2.25. The van der Waals surface area contributed by atoms with Crippen molar-refractivity contribution in [2.75, 3.05) is 39.3 Å². The fourth-order valence-corrected chi connectivity index (χ4v) is 4.59. The Morgan fingerprint density at radius 3 is 2.67 bits per heavy atom. The first-order valence-corrected chi connectivity index (χ1v) is 10.9. The van der Waals surface area contributed by atoms with Crippen molar-refractivity contribution >= 4 is 5.91 Å². The molecule has 8 nitrogen and oxygen atoms in total. The van der Waals surface area contributed by atoms with E-state index in [4.69, 9.17) is 5.26 Å². The van der Waals surface area contributed by atoms with Gasteiger partial charge >= 0.3 is 0 Å². The van der Waals surface area contributed by atoms with Crippen LogP contribution in [0.4, 0.5) is 0 Å². The largest absolute Gasteiger partial charge is 0.339 e. The standard InChI is InChI=1S/C22H27N7O/c23-12-17-4-5-21(24-13-17)29-15-18-14-26(7-6-20(18)25-29)16-22(30)28-10-8-27(9-11-28)19-2-1-3-19/h4-5,13,15,19H,1-3,6-11,14,16H2. The molecule has 0 aromatic carbocycles. The molecule has 3 aliphatic rings. The third-order valence-corrected chi connectivity index (χ3v) is 6.66. The number of aromatic nitrogens is 3. The lowest BCUT2D eigenvalue weighted by Gasteiger charge is -2.43. The highest BCUT2D eigenvalue weighted by Gasteiger charge is 2.30. The summed E-state index contributed by atoms with van der Waals surface area (Å²) in [7, 11) is 0. The maximum Gasteiger partial charge on any atom is 0.236 e. The molecular weight excluding hydrogens is 378 g/mol. The van der Waals surface area contributed by atoms with E-state index in [0.29, 0.717) is 17.9 Å². The molecular formula is C22H27N7O. The normalized spacial score (nSPS) is 20.4. The van der Waals surface area contributed by atoms with E-state index in [1.54, 1.807) is 16.9 Å². The van der Waals surface area contributed by atoms with Crippen molar-refractivity contribution in [1.29, 1.82) is 5.26 Å². The number of amides is 1. The van der Waals surface area contributed by atoms with Gasteiger partial charge in [-0.2, -0.15) is 10.4 Å². The second kappa shape index (κ2) is 8.17. The van der Waals surface area contributed by atoms with Crippen LogP contribution in [0.3, 0.4) is 0 Å². The van der Waals surface area contributed by atoms with Gasteiger partial charge < -0.3 is 4.90 Å². The SMILES string of the molecule is N#Cc1ccc(-n2cc3c(n2)CCN(CC(=O)N2CCN(C4CCC4)CC2)C3)nc1. The summed E-state index contributed by atoms with van der Waals surface area (Å²) in [5.41, 5.74) is 2.75. The van der Waals surface area contributed by atoms with Crippen LogP contribution in [0.5, 0.6) is 0 Å². The number of nitriles is 1. The van der Waals surface area contributed by atoms with Crippen molar-refractivity contribution in [3.63, 3.8) is 0 Å². The van der Waals surface area contributed by atoms with E-state index in [2.05, 4.69) is 26.0 Å². The molecule has 1 amide bonds. The molecule has 1 saturated heterocycles. The molecule has 30 heavy (non-hydrogen) atoms. The van der Waals surface area contributed by atoms with Crippen LogP contribution in [0.25, 0.3) is 5.82 Å². The minimum atomic E-state index is 0.243. The van der Waals surface area contributed by atoms with Gasteiger partial charge in [0, 0.05) is 69.7 Å². The molecule has 1 aliphatic carbocycles. The van der Waals surface area contributed by atoms with Gasteiger partial charge in [0.15, 0.2) is 5.82 Å². The Hall–Kier alpha value is -2.76. The van der Waals surface area contributed by atoms with Gasteiger partial charge in [-0.05, 0) is 25.0 Å².